The average Bonchev–Trinajstić information content (AvgIpc) is 3.83. The molecule has 0 aliphatic rings. The van der Waals surface area contributed by atoms with Crippen LogP contribution in [0.3, 0.4) is 0 Å². The van der Waals surface area contributed by atoms with Crippen LogP contribution in [0.5, 0.6) is 0 Å². The predicted molar refractivity (Wildman–Crippen MR) is 246 cm³/mol. The SMILES string of the molecule is C=Cc1c(/C=C\C)oc2cccc(-c3ccc(N(c4ccc(-c5cccc(-c6ccccc6)c5)cc4)c4cccc(-n5c6ccccc6c6ccccc65)c4)cc3)c12. The highest BCUT2D eigenvalue weighted by Gasteiger charge is 2.19. The summed E-state index contributed by atoms with van der Waals surface area (Å²) in [6.07, 6.45) is 5.89. The van der Waals surface area contributed by atoms with Crippen molar-refractivity contribution in [2.24, 2.45) is 0 Å². The molecule has 8 aromatic carbocycles. The summed E-state index contributed by atoms with van der Waals surface area (Å²) in [5.74, 6) is 0.820. The Morgan fingerprint density at radius 3 is 1.72 bits per heavy atom. The fourth-order valence-corrected chi connectivity index (χ4v) is 8.43. The van der Waals surface area contributed by atoms with Crippen LogP contribution in [-0.2, 0) is 0 Å². The standard InChI is InChI=1S/C55H40N2O/c1-3-15-53-47(4-2)55-48(24-14-27-54(55)58-53)40-30-34-44(35-31-40)56(43-32-28-39(29-33-43)42-19-12-18-41(36-42)38-16-6-5-7-17-38)45-20-13-21-46(37-45)57-51-25-10-8-22-49(51)50-23-9-11-26-52(50)57/h3-37H,2H2,1H3/b15-3-. The molecule has 10 aromatic rings. The van der Waals surface area contributed by atoms with Crippen molar-refractivity contribution in [1.82, 2.24) is 4.57 Å². The zero-order chi connectivity index (χ0) is 39.0. The van der Waals surface area contributed by atoms with Gasteiger partial charge in [-0.1, -0.05) is 146 Å². The molecule has 0 aliphatic heterocycles. The summed E-state index contributed by atoms with van der Waals surface area (Å²) in [7, 11) is 0. The number of fused-ring (bicyclic) bond motifs is 4. The summed E-state index contributed by atoms with van der Waals surface area (Å²) >= 11 is 0. The van der Waals surface area contributed by atoms with Crippen LogP contribution in [0, 0.1) is 0 Å². The van der Waals surface area contributed by atoms with E-state index in [1.807, 2.05) is 31.2 Å². The first-order valence-electron chi connectivity index (χ1n) is 19.7. The van der Waals surface area contributed by atoms with Gasteiger partial charge in [-0.15, -0.1) is 0 Å². The molecule has 0 aliphatic carbocycles. The number of anilines is 3. The van der Waals surface area contributed by atoms with E-state index in [9.17, 15) is 0 Å². The molecule has 0 N–H and O–H groups in total. The van der Waals surface area contributed by atoms with Gasteiger partial charge in [0.05, 0.1) is 11.0 Å². The highest BCUT2D eigenvalue weighted by Crippen LogP contribution is 2.41. The third-order valence-electron chi connectivity index (χ3n) is 11.1. The lowest BCUT2D eigenvalue weighted by Crippen LogP contribution is -2.10. The topological polar surface area (TPSA) is 21.3 Å². The molecule has 0 bridgehead atoms. The molecule has 0 unspecified atom stereocenters. The second-order valence-corrected chi connectivity index (χ2v) is 14.5. The van der Waals surface area contributed by atoms with Crippen molar-refractivity contribution in [3.63, 3.8) is 0 Å². The number of benzene rings is 8. The summed E-state index contributed by atoms with van der Waals surface area (Å²) in [6, 6.07) is 69.6. The van der Waals surface area contributed by atoms with Crippen LogP contribution in [0.15, 0.2) is 211 Å². The first kappa shape index (κ1) is 34.8. The largest absolute Gasteiger partial charge is 0.456 e. The fraction of sp³-hybridized carbons (Fsp3) is 0.0182. The van der Waals surface area contributed by atoms with Crippen molar-refractivity contribution in [3.8, 4) is 39.1 Å². The van der Waals surface area contributed by atoms with Gasteiger partial charge in [-0.25, -0.2) is 0 Å². The Kier molecular flexibility index (Phi) is 8.89. The summed E-state index contributed by atoms with van der Waals surface area (Å²) in [5, 5.41) is 3.56. The number of nitrogens with zero attached hydrogens (tertiary/aromatic N) is 2. The van der Waals surface area contributed by atoms with E-state index in [0.717, 1.165) is 56.2 Å². The predicted octanol–water partition coefficient (Wildman–Crippen LogP) is 15.7. The van der Waals surface area contributed by atoms with Crippen molar-refractivity contribution in [3.05, 3.63) is 218 Å². The zero-order valence-electron chi connectivity index (χ0n) is 32.2. The molecule has 0 saturated heterocycles. The number of rotatable bonds is 9. The van der Waals surface area contributed by atoms with Crippen molar-refractivity contribution in [2.75, 3.05) is 4.90 Å². The van der Waals surface area contributed by atoms with Crippen LogP contribution in [-0.4, -0.2) is 4.57 Å². The Hall–Kier alpha value is -7.62. The van der Waals surface area contributed by atoms with Crippen molar-refractivity contribution >= 4 is 62.0 Å². The molecule has 10 rings (SSSR count). The Bertz CT molecular complexity index is 3070. The maximum Gasteiger partial charge on any atom is 0.136 e. The second kappa shape index (κ2) is 14.8. The van der Waals surface area contributed by atoms with Crippen molar-refractivity contribution < 1.29 is 4.42 Å². The van der Waals surface area contributed by atoms with Gasteiger partial charge in [0.25, 0.3) is 0 Å². The molecule has 0 radical (unpaired) electrons. The van der Waals surface area contributed by atoms with Crippen LogP contribution in [0.1, 0.15) is 18.2 Å². The summed E-state index contributed by atoms with van der Waals surface area (Å²) in [6.45, 7) is 6.14. The van der Waals surface area contributed by atoms with Gasteiger partial charge in [0.2, 0.25) is 0 Å². The van der Waals surface area contributed by atoms with Gasteiger partial charge >= 0.3 is 0 Å². The molecule has 0 fully saturated rings. The normalized spacial score (nSPS) is 11.5. The molecule has 58 heavy (non-hydrogen) atoms. The number of aromatic nitrogens is 1. The summed E-state index contributed by atoms with van der Waals surface area (Å²) < 4.78 is 8.65. The molecule has 2 heterocycles. The van der Waals surface area contributed by atoms with Crippen LogP contribution >= 0.6 is 0 Å². The van der Waals surface area contributed by atoms with Gasteiger partial charge in [-0.05, 0) is 113 Å². The number of allylic oxidation sites excluding steroid dienone is 1. The Labute approximate surface area is 338 Å². The van der Waals surface area contributed by atoms with Crippen LogP contribution < -0.4 is 4.90 Å². The molecular weight excluding hydrogens is 705 g/mol. The highest BCUT2D eigenvalue weighted by atomic mass is 16.3. The monoisotopic (exact) mass is 744 g/mol. The van der Waals surface area contributed by atoms with E-state index in [1.54, 1.807) is 0 Å². The summed E-state index contributed by atoms with van der Waals surface area (Å²) in [4.78, 5) is 2.35. The molecule has 0 saturated carbocycles. The third-order valence-corrected chi connectivity index (χ3v) is 11.1. The molecule has 3 heteroatoms. The quantitative estimate of drug-likeness (QED) is 0.147. The van der Waals surface area contributed by atoms with Gasteiger partial charge in [0.15, 0.2) is 0 Å². The fourth-order valence-electron chi connectivity index (χ4n) is 8.43. The maximum absolute atomic E-state index is 6.27. The van der Waals surface area contributed by atoms with Crippen molar-refractivity contribution in [2.45, 2.75) is 6.92 Å². The number of hydrogen-bond donors (Lipinski definition) is 0. The minimum Gasteiger partial charge on any atom is -0.456 e. The second-order valence-electron chi connectivity index (χ2n) is 14.5. The molecular formula is C55H40N2O. The molecule has 0 atom stereocenters. The highest BCUT2D eigenvalue weighted by molar-refractivity contribution is 6.09. The molecule has 3 nitrogen and oxygen atoms in total. The van der Waals surface area contributed by atoms with E-state index >= 15 is 0 Å². The third kappa shape index (κ3) is 6.10. The first-order chi connectivity index (χ1) is 28.7. The minimum atomic E-state index is 0.820. The number of furan rings is 1. The van der Waals surface area contributed by atoms with E-state index in [2.05, 4.69) is 204 Å². The first-order valence-corrected chi connectivity index (χ1v) is 19.7. The summed E-state index contributed by atoms with van der Waals surface area (Å²) in [5.41, 5.74) is 15.5. The van der Waals surface area contributed by atoms with Crippen LogP contribution in [0.4, 0.5) is 17.1 Å². The van der Waals surface area contributed by atoms with E-state index in [0.29, 0.717) is 0 Å². The lowest BCUT2D eigenvalue weighted by molar-refractivity contribution is 0.603. The van der Waals surface area contributed by atoms with E-state index in [-0.39, 0.29) is 0 Å². The van der Waals surface area contributed by atoms with Gasteiger partial charge in [-0.2, -0.15) is 0 Å². The van der Waals surface area contributed by atoms with Gasteiger partial charge < -0.3 is 13.9 Å². The molecule has 276 valence electrons. The van der Waals surface area contributed by atoms with E-state index in [1.165, 1.54) is 44.1 Å². The maximum atomic E-state index is 6.27. The molecule has 2 aromatic heterocycles. The lowest BCUT2D eigenvalue weighted by Gasteiger charge is -2.26. The Morgan fingerprint density at radius 2 is 1.07 bits per heavy atom. The van der Waals surface area contributed by atoms with E-state index < -0.39 is 0 Å². The number of para-hydroxylation sites is 2. The van der Waals surface area contributed by atoms with Gasteiger partial charge in [-0.3, -0.25) is 0 Å². The minimum absolute atomic E-state index is 0.820. The average molecular weight is 745 g/mol. The Balaban J connectivity index is 1.09. The van der Waals surface area contributed by atoms with E-state index in [4.69, 9.17) is 4.42 Å². The smallest absolute Gasteiger partial charge is 0.136 e. The van der Waals surface area contributed by atoms with Gasteiger partial charge in [0.1, 0.15) is 11.3 Å². The van der Waals surface area contributed by atoms with Crippen LogP contribution in [0.25, 0.3) is 84.0 Å². The molecule has 0 spiro atoms. The molecule has 0 amide bonds. The zero-order valence-corrected chi connectivity index (χ0v) is 32.2. The van der Waals surface area contributed by atoms with Gasteiger partial charge in [0, 0.05) is 44.5 Å². The Morgan fingerprint density at radius 1 is 0.500 bits per heavy atom. The number of hydrogen-bond acceptors (Lipinski definition) is 2. The van der Waals surface area contributed by atoms with Crippen molar-refractivity contribution in [1.29, 1.82) is 0 Å². The van der Waals surface area contributed by atoms with Crippen LogP contribution in [0.2, 0.25) is 0 Å². The lowest BCUT2D eigenvalue weighted by atomic mass is 9.97.